The van der Waals surface area contributed by atoms with Crippen LogP contribution in [0, 0.1) is 17.0 Å². The minimum absolute atomic E-state index is 0.0129. The lowest BCUT2D eigenvalue weighted by molar-refractivity contribution is -0.119. The molecule has 0 radical (unpaired) electrons. The second-order valence-corrected chi connectivity index (χ2v) is 6.91. The third-order valence-electron chi connectivity index (χ3n) is 2.95. The molecule has 1 aromatic heterocycles. The van der Waals surface area contributed by atoms with Crippen molar-refractivity contribution in [1.82, 2.24) is 4.98 Å². The Kier molecular flexibility index (Phi) is 4.42. The molecule has 0 fully saturated rings. The number of benzene rings is 1. The third kappa shape index (κ3) is 3.57. The number of Topliss-reactive ketones (excluding diaryl/α,β-unsaturated/α-hetero) is 1. The van der Waals surface area contributed by atoms with E-state index in [1.165, 1.54) is 24.3 Å². The summed E-state index contributed by atoms with van der Waals surface area (Å²) in [5, 5.41) is 0. The van der Waals surface area contributed by atoms with E-state index in [0.717, 1.165) is 17.4 Å². The lowest BCUT2D eigenvalue weighted by atomic mass is 9.91. The number of aromatic amines is 1. The van der Waals surface area contributed by atoms with Crippen molar-refractivity contribution in [2.45, 2.75) is 20.8 Å². The molecule has 0 aliphatic carbocycles. The van der Waals surface area contributed by atoms with E-state index in [0.29, 0.717) is 4.66 Å². The van der Waals surface area contributed by atoms with Crippen LogP contribution in [0.2, 0.25) is 0 Å². The van der Waals surface area contributed by atoms with E-state index in [4.69, 9.17) is 0 Å². The van der Waals surface area contributed by atoms with Crippen LogP contribution in [0.1, 0.15) is 26.3 Å². The zero-order chi connectivity index (χ0) is 16.5. The van der Waals surface area contributed by atoms with Gasteiger partial charge in [-0.1, -0.05) is 32.9 Å². The Balaban J connectivity index is 2.54. The van der Waals surface area contributed by atoms with Gasteiger partial charge >= 0.3 is 0 Å². The normalized spacial score (nSPS) is 13.7. The lowest BCUT2D eigenvalue weighted by Gasteiger charge is -2.12. The van der Waals surface area contributed by atoms with Crippen LogP contribution in [0.5, 0.6) is 0 Å². The summed E-state index contributed by atoms with van der Waals surface area (Å²) >= 11 is 1.02. The Hall–Kier alpha value is -2.08. The monoisotopic (exact) mass is 323 g/mol. The minimum Gasteiger partial charge on any atom is -0.313 e. The first-order chi connectivity index (χ1) is 10.2. The number of H-pyrrole nitrogens is 1. The fraction of sp³-hybridized carbons (Fsp3) is 0.250. The van der Waals surface area contributed by atoms with Gasteiger partial charge in [0.1, 0.15) is 0 Å². The molecule has 0 aliphatic rings. The standard InChI is InChI=1S/C16H15F2NO2S/c1-16(2,3)12(20)8-13-19-15(21)11(22-13)7-9-5-4-6-10(17)14(9)18/h4-8H,1-3H3,(H,19,21)/b11-7-,13-8-. The summed E-state index contributed by atoms with van der Waals surface area (Å²) in [5.41, 5.74) is -1.01. The number of rotatable bonds is 2. The molecule has 1 aromatic carbocycles. The van der Waals surface area contributed by atoms with Crippen LogP contribution in [0.25, 0.3) is 12.2 Å². The molecule has 0 bridgehead atoms. The molecule has 1 heterocycles. The Bertz CT molecular complexity index is 888. The summed E-state index contributed by atoms with van der Waals surface area (Å²) < 4.78 is 27.4. The van der Waals surface area contributed by atoms with E-state index in [1.807, 2.05) is 0 Å². The van der Waals surface area contributed by atoms with Gasteiger partial charge in [0.15, 0.2) is 17.4 Å². The van der Waals surface area contributed by atoms with Gasteiger partial charge in [0.2, 0.25) is 0 Å². The van der Waals surface area contributed by atoms with Crippen LogP contribution in [-0.2, 0) is 4.79 Å². The zero-order valence-corrected chi connectivity index (χ0v) is 13.2. The molecule has 0 atom stereocenters. The number of carbonyl (C=O) groups is 1. The highest BCUT2D eigenvalue weighted by atomic mass is 32.1. The van der Waals surface area contributed by atoms with Gasteiger partial charge in [-0.25, -0.2) is 8.78 Å². The van der Waals surface area contributed by atoms with Crippen molar-refractivity contribution in [1.29, 1.82) is 0 Å². The zero-order valence-electron chi connectivity index (χ0n) is 12.4. The number of thiazole rings is 1. The van der Waals surface area contributed by atoms with Crippen LogP contribution in [-0.4, -0.2) is 10.8 Å². The Morgan fingerprint density at radius 1 is 1.27 bits per heavy atom. The molecule has 0 amide bonds. The Morgan fingerprint density at radius 2 is 1.95 bits per heavy atom. The average Bonchev–Trinajstić information content (AvgIpc) is 2.74. The van der Waals surface area contributed by atoms with Gasteiger partial charge in [-0.2, -0.15) is 0 Å². The molecule has 6 heteroatoms. The molecule has 0 unspecified atom stereocenters. The number of nitrogens with one attached hydrogen (secondary N) is 1. The maximum atomic E-state index is 13.6. The summed E-state index contributed by atoms with van der Waals surface area (Å²) in [6, 6.07) is 3.75. The van der Waals surface area contributed by atoms with Crippen LogP contribution in [0.3, 0.4) is 0 Å². The molecule has 0 spiro atoms. The summed E-state index contributed by atoms with van der Waals surface area (Å²) in [6.07, 6.45) is 2.62. The molecule has 22 heavy (non-hydrogen) atoms. The summed E-state index contributed by atoms with van der Waals surface area (Å²) in [7, 11) is 0. The van der Waals surface area contributed by atoms with Crippen molar-refractivity contribution in [3.8, 4) is 0 Å². The van der Waals surface area contributed by atoms with E-state index >= 15 is 0 Å². The molecular weight excluding hydrogens is 308 g/mol. The smallest absolute Gasteiger partial charge is 0.266 e. The Labute approximate surface area is 129 Å². The topological polar surface area (TPSA) is 49.9 Å². The van der Waals surface area contributed by atoms with Crippen molar-refractivity contribution in [3.63, 3.8) is 0 Å². The first kappa shape index (κ1) is 16.3. The van der Waals surface area contributed by atoms with Crippen LogP contribution in [0.15, 0.2) is 23.0 Å². The quantitative estimate of drug-likeness (QED) is 0.918. The molecular formula is C16H15F2NO2S. The van der Waals surface area contributed by atoms with Crippen LogP contribution in [0.4, 0.5) is 8.78 Å². The maximum Gasteiger partial charge on any atom is 0.266 e. The van der Waals surface area contributed by atoms with Gasteiger partial charge in [0.05, 0.1) is 9.20 Å². The van der Waals surface area contributed by atoms with Gasteiger partial charge < -0.3 is 4.98 Å². The summed E-state index contributed by atoms with van der Waals surface area (Å²) in [6.45, 7) is 5.31. The SMILES string of the molecule is CC(C)(C)C(=O)/C=c1/[nH]c(=O)/c(=C/c2cccc(F)c2F)s1. The maximum absolute atomic E-state index is 13.6. The average molecular weight is 323 g/mol. The summed E-state index contributed by atoms with van der Waals surface area (Å²) in [4.78, 5) is 26.3. The molecule has 0 aliphatic heterocycles. The van der Waals surface area contributed by atoms with Crippen molar-refractivity contribution in [2.75, 3.05) is 0 Å². The summed E-state index contributed by atoms with van der Waals surface area (Å²) in [5.74, 6) is -2.11. The van der Waals surface area contributed by atoms with Gasteiger partial charge in [0, 0.05) is 17.1 Å². The first-order valence-electron chi connectivity index (χ1n) is 6.59. The number of ketones is 1. The third-order valence-corrected chi connectivity index (χ3v) is 3.91. The highest BCUT2D eigenvalue weighted by Gasteiger charge is 2.18. The number of hydrogen-bond acceptors (Lipinski definition) is 3. The van der Waals surface area contributed by atoms with Crippen molar-refractivity contribution < 1.29 is 13.6 Å². The first-order valence-corrected chi connectivity index (χ1v) is 7.41. The van der Waals surface area contributed by atoms with Crippen molar-refractivity contribution >= 4 is 29.3 Å². The van der Waals surface area contributed by atoms with Gasteiger partial charge in [-0.3, -0.25) is 9.59 Å². The van der Waals surface area contributed by atoms with Crippen molar-refractivity contribution in [3.05, 3.63) is 54.9 Å². The molecule has 2 aromatic rings. The van der Waals surface area contributed by atoms with E-state index in [-0.39, 0.29) is 15.9 Å². The van der Waals surface area contributed by atoms with E-state index < -0.39 is 22.6 Å². The second kappa shape index (κ2) is 5.96. The Morgan fingerprint density at radius 3 is 2.59 bits per heavy atom. The van der Waals surface area contributed by atoms with E-state index in [2.05, 4.69) is 4.98 Å². The van der Waals surface area contributed by atoms with Crippen LogP contribution >= 0.6 is 11.3 Å². The van der Waals surface area contributed by atoms with Gasteiger partial charge in [-0.15, -0.1) is 11.3 Å². The number of hydrogen-bond donors (Lipinski definition) is 1. The number of aromatic nitrogens is 1. The molecule has 1 N–H and O–H groups in total. The van der Waals surface area contributed by atoms with Gasteiger partial charge in [-0.05, 0) is 12.1 Å². The second-order valence-electron chi connectivity index (χ2n) is 5.83. The molecule has 2 rings (SSSR count). The van der Waals surface area contributed by atoms with E-state index in [1.54, 1.807) is 20.8 Å². The highest BCUT2D eigenvalue weighted by Crippen LogP contribution is 2.14. The van der Waals surface area contributed by atoms with Crippen LogP contribution < -0.4 is 14.8 Å². The fourth-order valence-corrected chi connectivity index (χ4v) is 2.51. The number of carbonyl (C=O) groups excluding carboxylic acids is 1. The fourth-order valence-electron chi connectivity index (χ4n) is 1.63. The lowest BCUT2D eigenvalue weighted by Crippen LogP contribution is -2.22. The molecule has 0 saturated heterocycles. The van der Waals surface area contributed by atoms with E-state index in [9.17, 15) is 18.4 Å². The minimum atomic E-state index is -1.01. The van der Waals surface area contributed by atoms with Crippen molar-refractivity contribution in [2.24, 2.45) is 5.41 Å². The molecule has 0 saturated carbocycles. The predicted molar refractivity (Wildman–Crippen MR) is 83.0 cm³/mol. The predicted octanol–water partition coefficient (Wildman–Crippen LogP) is 1.94. The van der Waals surface area contributed by atoms with Gasteiger partial charge in [0.25, 0.3) is 5.56 Å². The number of halogens is 2. The molecule has 116 valence electrons. The largest absolute Gasteiger partial charge is 0.313 e. The highest BCUT2D eigenvalue weighted by molar-refractivity contribution is 7.07. The molecule has 3 nitrogen and oxygen atoms in total.